The van der Waals surface area contributed by atoms with Crippen molar-refractivity contribution in [2.24, 2.45) is 0 Å². The van der Waals surface area contributed by atoms with Gasteiger partial charge in [-0.05, 0) is 25.1 Å². The van der Waals surface area contributed by atoms with Gasteiger partial charge >= 0.3 is 0 Å². The molecule has 0 aromatic carbocycles. The topological polar surface area (TPSA) is 80.0 Å². The van der Waals surface area contributed by atoms with Crippen molar-refractivity contribution in [2.45, 2.75) is 6.92 Å². The van der Waals surface area contributed by atoms with Gasteiger partial charge < -0.3 is 15.1 Å². The minimum Gasteiger partial charge on any atom is -0.462 e. The van der Waals surface area contributed by atoms with Crippen molar-refractivity contribution in [1.82, 2.24) is 15.3 Å². The van der Waals surface area contributed by atoms with E-state index in [4.69, 9.17) is 4.42 Å². The quantitative estimate of drug-likeness (QED) is 0.617. The number of amides is 1. The molecule has 0 fully saturated rings. The first-order valence-electron chi connectivity index (χ1n) is 6.26. The van der Waals surface area contributed by atoms with Crippen molar-refractivity contribution in [1.29, 1.82) is 0 Å². The number of hydrogen-bond donors (Lipinski definition) is 2. The summed E-state index contributed by atoms with van der Waals surface area (Å²) in [5, 5.41) is 5.80. The first-order chi connectivity index (χ1) is 9.74. The largest absolute Gasteiger partial charge is 0.462 e. The van der Waals surface area contributed by atoms with Crippen LogP contribution in [0.15, 0.2) is 41.2 Å². The molecule has 0 radical (unpaired) electrons. The maximum Gasteiger partial charge on any atom is 0.244 e. The highest BCUT2D eigenvalue weighted by Crippen LogP contribution is 2.07. The lowest BCUT2D eigenvalue weighted by atomic mass is 10.4. The van der Waals surface area contributed by atoms with Crippen LogP contribution in [0.3, 0.4) is 0 Å². The van der Waals surface area contributed by atoms with E-state index in [2.05, 4.69) is 20.6 Å². The number of carbonyl (C=O) groups excluding carboxylic acids is 1. The Hall–Kier alpha value is -2.63. The number of hydrogen-bond acceptors (Lipinski definition) is 5. The second-order valence-electron chi connectivity index (χ2n) is 4.09. The lowest BCUT2D eigenvalue weighted by molar-refractivity contribution is -0.116. The van der Waals surface area contributed by atoms with Gasteiger partial charge in [-0.25, -0.2) is 4.98 Å². The van der Waals surface area contributed by atoms with Gasteiger partial charge in [0.05, 0.1) is 6.20 Å². The van der Waals surface area contributed by atoms with E-state index in [0.29, 0.717) is 24.7 Å². The van der Waals surface area contributed by atoms with E-state index in [0.717, 1.165) is 5.76 Å². The number of furan rings is 1. The standard InChI is InChI=1S/C14H16N4O2/c1-11-2-3-12(20-11)4-5-14(19)18-9-8-17-13-10-15-6-7-16-13/h2-7,10H,8-9H2,1H3,(H,16,17)(H,18,19)/b5-4-. The van der Waals surface area contributed by atoms with Crippen molar-refractivity contribution in [3.05, 3.63) is 48.3 Å². The van der Waals surface area contributed by atoms with Crippen molar-refractivity contribution < 1.29 is 9.21 Å². The minimum atomic E-state index is -0.167. The van der Waals surface area contributed by atoms with Gasteiger partial charge in [0.15, 0.2) is 0 Å². The average molecular weight is 272 g/mol. The fourth-order valence-electron chi connectivity index (χ4n) is 1.53. The van der Waals surface area contributed by atoms with Crippen LogP contribution < -0.4 is 10.6 Å². The number of nitrogens with one attached hydrogen (secondary N) is 2. The highest BCUT2D eigenvalue weighted by atomic mass is 16.3. The first-order valence-corrected chi connectivity index (χ1v) is 6.26. The van der Waals surface area contributed by atoms with Crippen molar-refractivity contribution >= 4 is 17.8 Å². The van der Waals surface area contributed by atoms with E-state index in [1.54, 1.807) is 24.7 Å². The normalized spacial score (nSPS) is 10.7. The van der Waals surface area contributed by atoms with Crippen molar-refractivity contribution in [2.75, 3.05) is 18.4 Å². The van der Waals surface area contributed by atoms with Gasteiger partial charge in [0, 0.05) is 31.6 Å². The Bertz CT molecular complexity index is 578. The van der Waals surface area contributed by atoms with E-state index >= 15 is 0 Å². The number of aromatic nitrogens is 2. The fraction of sp³-hybridized carbons (Fsp3) is 0.214. The predicted molar refractivity (Wildman–Crippen MR) is 76.0 cm³/mol. The van der Waals surface area contributed by atoms with Crippen LogP contribution in [0, 0.1) is 6.92 Å². The molecule has 2 rings (SSSR count). The lowest BCUT2D eigenvalue weighted by Crippen LogP contribution is -2.27. The number of carbonyl (C=O) groups is 1. The molecule has 6 heteroatoms. The molecule has 2 aromatic heterocycles. The molecule has 0 spiro atoms. The Labute approximate surface area is 116 Å². The van der Waals surface area contributed by atoms with Crippen LogP contribution in [0.1, 0.15) is 11.5 Å². The van der Waals surface area contributed by atoms with Crippen LogP contribution in [-0.4, -0.2) is 29.0 Å². The summed E-state index contributed by atoms with van der Waals surface area (Å²) in [6.45, 7) is 2.94. The molecule has 0 aliphatic heterocycles. The third kappa shape index (κ3) is 4.56. The third-order valence-corrected chi connectivity index (χ3v) is 2.45. The zero-order valence-corrected chi connectivity index (χ0v) is 11.2. The molecule has 0 bridgehead atoms. The Balaban J connectivity index is 1.66. The molecule has 0 aliphatic carbocycles. The zero-order valence-electron chi connectivity index (χ0n) is 11.2. The molecule has 104 valence electrons. The second-order valence-corrected chi connectivity index (χ2v) is 4.09. The van der Waals surface area contributed by atoms with Gasteiger partial charge in [0.1, 0.15) is 17.3 Å². The van der Waals surface area contributed by atoms with Crippen LogP contribution in [0.4, 0.5) is 5.82 Å². The maximum atomic E-state index is 11.5. The number of anilines is 1. The second kappa shape index (κ2) is 7.08. The monoisotopic (exact) mass is 272 g/mol. The van der Waals surface area contributed by atoms with Gasteiger partial charge in [-0.2, -0.15) is 0 Å². The smallest absolute Gasteiger partial charge is 0.244 e. The molecule has 0 unspecified atom stereocenters. The predicted octanol–water partition coefficient (Wildman–Crippen LogP) is 1.62. The van der Waals surface area contributed by atoms with Crippen LogP contribution in [0.2, 0.25) is 0 Å². The molecule has 0 saturated heterocycles. The summed E-state index contributed by atoms with van der Waals surface area (Å²) in [5.41, 5.74) is 0. The van der Waals surface area contributed by atoms with E-state index in [-0.39, 0.29) is 5.91 Å². The first kappa shape index (κ1) is 13.8. The average Bonchev–Trinajstić information content (AvgIpc) is 2.88. The van der Waals surface area contributed by atoms with E-state index in [9.17, 15) is 4.79 Å². The fourth-order valence-corrected chi connectivity index (χ4v) is 1.53. The molecule has 2 heterocycles. The Morgan fingerprint density at radius 1 is 1.35 bits per heavy atom. The highest BCUT2D eigenvalue weighted by Gasteiger charge is 1.97. The van der Waals surface area contributed by atoms with Gasteiger partial charge in [-0.1, -0.05) is 0 Å². The Kier molecular flexibility index (Phi) is 4.88. The van der Waals surface area contributed by atoms with Gasteiger partial charge in [-0.15, -0.1) is 0 Å². The zero-order chi connectivity index (χ0) is 14.2. The van der Waals surface area contributed by atoms with Crippen molar-refractivity contribution in [3.8, 4) is 0 Å². The summed E-state index contributed by atoms with van der Waals surface area (Å²) >= 11 is 0. The number of aryl methyl sites for hydroxylation is 1. The van der Waals surface area contributed by atoms with Gasteiger partial charge in [0.2, 0.25) is 5.91 Å². The maximum absolute atomic E-state index is 11.5. The molecule has 0 aliphatic rings. The van der Waals surface area contributed by atoms with Crippen LogP contribution in [0.5, 0.6) is 0 Å². The molecular weight excluding hydrogens is 256 g/mol. The van der Waals surface area contributed by atoms with Crippen LogP contribution in [-0.2, 0) is 4.79 Å². The molecule has 2 aromatic rings. The molecule has 6 nitrogen and oxygen atoms in total. The minimum absolute atomic E-state index is 0.167. The molecule has 20 heavy (non-hydrogen) atoms. The van der Waals surface area contributed by atoms with Gasteiger partial charge in [0.25, 0.3) is 0 Å². The summed E-state index contributed by atoms with van der Waals surface area (Å²) in [5.74, 6) is 2.00. The van der Waals surface area contributed by atoms with Gasteiger partial charge in [-0.3, -0.25) is 9.78 Å². The SMILES string of the molecule is Cc1ccc(/C=C\C(=O)NCCNc2cnccn2)o1. The van der Waals surface area contributed by atoms with Crippen molar-refractivity contribution in [3.63, 3.8) is 0 Å². The lowest BCUT2D eigenvalue weighted by Gasteiger charge is -2.04. The van der Waals surface area contributed by atoms with E-state index < -0.39 is 0 Å². The third-order valence-electron chi connectivity index (χ3n) is 2.45. The summed E-state index contributed by atoms with van der Waals surface area (Å²) in [7, 11) is 0. The number of rotatable bonds is 6. The molecule has 0 atom stereocenters. The Morgan fingerprint density at radius 3 is 2.95 bits per heavy atom. The van der Waals surface area contributed by atoms with Crippen LogP contribution in [0.25, 0.3) is 6.08 Å². The van der Waals surface area contributed by atoms with Crippen LogP contribution >= 0.6 is 0 Å². The molecule has 1 amide bonds. The van der Waals surface area contributed by atoms with E-state index in [1.807, 2.05) is 19.1 Å². The summed E-state index contributed by atoms with van der Waals surface area (Å²) < 4.78 is 5.32. The molecule has 2 N–H and O–H groups in total. The summed E-state index contributed by atoms with van der Waals surface area (Å²) in [4.78, 5) is 19.5. The molecule has 0 saturated carbocycles. The summed E-state index contributed by atoms with van der Waals surface area (Å²) in [6.07, 6.45) is 7.92. The highest BCUT2D eigenvalue weighted by molar-refractivity contribution is 5.91. The number of nitrogens with zero attached hydrogens (tertiary/aromatic N) is 2. The molecular formula is C14H16N4O2. The summed E-state index contributed by atoms with van der Waals surface area (Å²) in [6, 6.07) is 3.66. The van der Waals surface area contributed by atoms with E-state index in [1.165, 1.54) is 6.08 Å². The Morgan fingerprint density at radius 2 is 2.25 bits per heavy atom.